The Kier molecular flexibility index (Phi) is 6.38. The molecule has 5 nitrogen and oxygen atoms in total. The van der Waals surface area contributed by atoms with Crippen molar-refractivity contribution in [2.45, 2.75) is 0 Å². The Morgan fingerprint density at radius 2 is 0.897 bits per heavy atom. The molecule has 0 amide bonds. The van der Waals surface area contributed by atoms with Crippen LogP contribution < -0.4 is 0 Å². The predicted molar refractivity (Wildman–Crippen MR) is 236 cm³/mol. The minimum absolute atomic E-state index is 0.599. The smallest absolute Gasteiger partial charge is 0.164 e. The number of nitrogens with zero attached hydrogens (tertiary/aromatic N) is 3. The van der Waals surface area contributed by atoms with E-state index in [1.54, 1.807) is 0 Å². The molecule has 0 fully saturated rings. The van der Waals surface area contributed by atoms with Gasteiger partial charge in [-0.2, -0.15) is 0 Å². The molecular formula is C53H29N3O2. The molecule has 0 aliphatic heterocycles. The van der Waals surface area contributed by atoms with Crippen molar-refractivity contribution >= 4 is 65.4 Å². The Balaban J connectivity index is 0.987. The first-order valence-corrected chi connectivity index (χ1v) is 19.5. The van der Waals surface area contributed by atoms with Gasteiger partial charge in [0.25, 0.3) is 0 Å². The summed E-state index contributed by atoms with van der Waals surface area (Å²) in [6, 6.07) is 61.4. The van der Waals surface area contributed by atoms with E-state index in [4.69, 9.17) is 23.8 Å². The van der Waals surface area contributed by atoms with Gasteiger partial charge in [-0.15, -0.1) is 0 Å². The Hall–Kier alpha value is -7.89. The normalized spacial score (nSPS) is 12.1. The molecule has 1 aliphatic rings. The average Bonchev–Trinajstić information content (AvgIpc) is 3.95. The number of aromatic nitrogens is 3. The number of para-hydroxylation sites is 2. The molecule has 268 valence electrons. The van der Waals surface area contributed by atoms with Gasteiger partial charge in [0, 0.05) is 43.8 Å². The van der Waals surface area contributed by atoms with Crippen LogP contribution in [-0.2, 0) is 0 Å². The summed E-state index contributed by atoms with van der Waals surface area (Å²) < 4.78 is 13.0. The predicted octanol–water partition coefficient (Wildman–Crippen LogP) is 14.3. The van der Waals surface area contributed by atoms with Crippen LogP contribution in [0.3, 0.4) is 0 Å². The van der Waals surface area contributed by atoms with E-state index >= 15 is 0 Å². The highest BCUT2D eigenvalue weighted by atomic mass is 16.3. The fourth-order valence-corrected chi connectivity index (χ4v) is 9.23. The molecule has 0 spiro atoms. The van der Waals surface area contributed by atoms with Crippen LogP contribution in [0.15, 0.2) is 185 Å². The van der Waals surface area contributed by atoms with Crippen LogP contribution in [0.2, 0.25) is 0 Å². The fourth-order valence-electron chi connectivity index (χ4n) is 9.23. The minimum Gasteiger partial charge on any atom is -0.456 e. The van der Waals surface area contributed by atoms with Crippen molar-refractivity contribution in [2.24, 2.45) is 0 Å². The van der Waals surface area contributed by atoms with Gasteiger partial charge in [-0.1, -0.05) is 133 Å². The standard InChI is InChI=1S/C53H29N3O2/c1-2-11-31(12-3-1)51-54-52(32-23-26-47-44(27-32)36-17-6-7-22-46(36)57-47)56-53(55-51)41-25-24-35(33-15-4-5-16-34(33)41)39-20-10-21-40-45-28-42-37-18-8-13-30-14-9-19-38(49(30)37)43(42)29-48(45)58-50(39)40/h1-29H. The van der Waals surface area contributed by atoms with Gasteiger partial charge in [0.15, 0.2) is 17.5 Å². The number of hydrogen-bond donors (Lipinski definition) is 0. The minimum atomic E-state index is 0.599. The number of benzene rings is 9. The van der Waals surface area contributed by atoms with Crippen LogP contribution in [-0.4, -0.2) is 15.0 Å². The highest BCUT2D eigenvalue weighted by Crippen LogP contribution is 2.50. The van der Waals surface area contributed by atoms with Crippen molar-refractivity contribution in [3.8, 4) is 67.5 Å². The molecule has 5 heteroatoms. The molecule has 9 aromatic carbocycles. The first-order chi connectivity index (χ1) is 28.7. The van der Waals surface area contributed by atoms with E-state index in [1.165, 1.54) is 33.0 Å². The zero-order valence-corrected chi connectivity index (χ0v) is 30.9. The van der Waals surface area contributed by atoms with E-state index in [1.807, 2.05) is 60.7 Å². The second-order valence-electron chi connectivity index (χ2n) is 15.1. The summed E-state index contributed by atoms with van der Waals surface area (Å²) >= 11 is 0. The Morgan fingerprint density at radius 3 is 1.72 bits per heavy atom. The molecule has 0 bridgehead atoms. The second-order valence-corrected chi connectivity index (χ2v) is 15.1. The highest BCUT2D eigenvalue weighted by molar-refractivity contribution is 6.20. The summed E-state index contributed by atoms with van der Waals surface area (Å²) in [6.45, 7) is 0. The molecule has 0 radical (unpaired) electrons. The zero-order valence-electron chi connectivity index (χ0n) is 30.9. The lowest BCUT2D eigenvalue weighted by molar-refractivity contribution is 0.669. The molecule has 3 aromatic heterocycles. The lowest BCUT2D eigenvalue weighted by Crippen LogP contribution is -2.00. The SMILES string of the molecule is c1ccc(-c2nc(-c3ccc4oc5ccccc5c4c3)nc(-c3ccc(-c4cccc5c4oc4cc6c(cc45)-c4cccc5cccc-6c45)c4ccccc34)n2)cc1. The second kappa shape index (κ2) is 11.8. The molecule has 0 unspecified atom stereocenters. The Morgan fingerprint density at radius 1 is 0.293 bits per heavy atom. The Bertz CT molecular complexity index is 3690. The van der Waals surface area contributed by atoms with Gasteiger partial charge in [0.2, 0.25) is 0 Å². The third-order valence-electron chi connectivity index (χ3n) is 11.9. The van der Waals surface area contributed by atoms with Crippen LogP contribution in [0, 0.1) is 0 Å². The number of fused-ring (bicyclic) bond motifs is 10. The van der Waals surface area contributed by atoms with Gasteiger partial charge in [0.05, 0.1) is 0 Å². The van der Waals surface area contributed by atoms with Gasteiger partial charge < -0.3 is 8.83 Å². The van der Waals surface area contributed by atoms with E-state index in [2.05, 4.69) is 115 Å². The van der Waals surface area contributed by atoms with Crippen LogP contribution >= 0.6 is 0 Å². The van der Waals surface area contributed by atoms with Gasteiger partial charge in [-0.25, -0.2) is 15.0 Å². The van der Waals surface area contributed by atoms with Crippen molar-refractivity contribution in [3.63, 3.8) is 0 Å². The number of rotatable bonds is 4. The third-order valence-corrected chi connectivity index (χ3v) is 11.9. The molecule has 58 heavy (non-hydrogen) atoms. The van der Waals surface area contributed by atoms with Crippen LogP contribution in [0.25, 0.3) is 133 Å². The molecule has 0 N–H and O–H groups in total. The summed E-state index contributed by atoms with van der Waals surface area (Å²) in [5, 5.41) is 9.02. The van der Waals surface area contributed by atoms with E-state index in [0.29, 0.717) is 17.5 Å². The maximum absolute atomic E-state index is 6.86. The monoisotopic (exact) mass is 739 g/mol. The summed E-state index contributed by atoms with van der Waals surface area (Å²) in [4.78, 5) is 15.4. The molecular weight excluding hydrogens is 711 g/mol. The molecule has 0 saturated heterocycles. The van der Waals surface area contributed by atoms with Crippen molar-refractivity contribution in [3.05, 3.63) is 176 Å². The largest absolute Gasteiger partial charge is 0.456 e. The molecule has 13 rings (SSSR count). The summed E-state index contributed by atoms with van der Waals surface area (Å²) in [7, 11) is 0. The van der Waals surface area contributed by atoms with E-state index in [9.17, 15) is 0 Å². The van der Waals surface area contributed by atoms with E-state index in [0.717, 1.165) is 82.5 Å². The maximum atomic E-state index is 6.86. The fraction of sp³-hybridized carbons (Fsp3) is 0. The first kappa shape index (κ1) is 31.3. The average molecular weight is 740 g/mol. The van der Waals surface area contributed by atoms with Gasteiger partial charge in [-0.3, -0.25) is 0 Å². The van der Waals surface area contributed by atoms with E-state index < -0.39 is 0 Å². The van der Waals surface area contributed by atoms with Gasteiger partial charge in [-0.05, 0) is 91.8 Å². The van der Waals surface area contributed by atoms with Crippen LogP contribution in [0.5, 0.6) is 0 Å². The first-order valence-electron chi connectivity index (χ1n) is 19.5. The van der Waals surface area contributed by atoms with Crippen LogP contribution in [0.1, 0.15) is 0 Å². The Labute approximate surface area is 331 Å². The summed E-state index contributed by atoms with van der Waals surface area (Å²) in [5.74, 6) is 1.82. The third kappa shape index (κ3) is 4.50. The van der Waals surface area contributed by atoms with Crippen molar-refractivity contribution < 1.29 is 8.83 Å². The van der Waals surface area contributed by atoms with E-state index in [-0.39, 0.29) is 0 Å². The molecule has 12 aromatic rings. The quantitative estimate of drug-likeness (QED) is 0.180. The molecule has 0 saturated carbocycles. The number of furan rings is 2. The maximum Gasteiger partial charge on any atom is 0.164 e. The summed E-state index contributed by atoms with van der Waals surface area (Å²) in [5.41, 5.74) is 13.3. The number of hydrogen-bond acceptors (Lipinski definition) is 5. The van der Waals surface area contributed by atoms with Crippen LogP contribution in [0.4, 0.5) is 0 Å². The van der Waals surface area contributed by atoms with Gasteiger partial charge >= 0.3 is 0 Å². The molecule has 1 aliphatic carbocycles. The molecule has 3 heterocycles. The lowest BCUT2D eigenvalue weighted by atomic mass is 9.93. The van der Waals surface area contributed by atoms with Gasteiger partial charge in [0.1, 0.15) is 22.3 Å². The summed E-state index contributed by atoms with van der Waals surface area (Å²) in [6.07, 6.45) is 0. The highest BCUT2D eigenvalue weighted by Gasteiger charge is 2.25. The van der Waals surface area contributed by atoms with Crippen molar-refractivity contribution in [2.75, 3.05) is 0 Å². The molecule has 0 atom stereocenters. The van der Waals surface area contributed by atoms with Crippen molar-refractivity contribution in [1.82, 2.24) is 15.0 Å². The van der Waals surface area contributed by atoms with Crippen molar-refractivity contribution in [1.29, 1.82) is 0 Å². The topological polar surface area (TPSA) is 65.0 Å². The lowest BCUT2D eigenvalue weighted by Gasteiger charge is -2.13. The zero-order chi connectivity index (χ0) is 37.9.